The molecule has 0 N–H and O–H groups in total. The molecule has 0 saturated heterocycles. The number of nitrogens with zero attached hydrogens (tertiary/aromatic N) is 4. The van der Waals surface area contributed by atoms with Crippen LogP contribution in [0.4, 0.5) is 15.0 Å². The van der Waals surface area contributed by atoms with Crippen LogP contribution >= 0.6 is 0 Å². The van der Waals surface area contributed by atoms with Gasteiger partial charge in [-0.1, -0.05) is 30.3 Å². The Hall–Kier alpha value is -3.03. The summed E-state index contributed by atoms with van der Waals surface area (Å²) in [6.07, 6.45) is 1.25. The predicted molar refractivity (Wildman–Crippen MR) is 81.1 cm³/mol. The van der Waals surface area contributed by atoms with Gasteiger partial charge in [0.1, 0.15) is 6.61 Å². The van der Waals surface area contributed by atoms with Crippen LogP contribution in [0.2, 0.25) is 0 Å². The first kappa shape index (κ1) is 16.3. The molecule has 0 radical (unpaired) electrons. The summed E-state index contributed by atoms with van der Waals surface area (Å²) in [5, 5.41) is 0. The van der Waals surface area contributed by atoms with E-state index in [2.05, 4.69) is 15.0 Å². The fourth-order valence-electron chi connectivity index (χ4n) is 1.47. The third-order valence-electron chi connectivity index (χ3n) is 2.49. The highest BCUT2D eigenvalue weighted by Gasteiger charge is 2.12. The molecule has 23 heavy (non-hydrogen) atoms. The van der Waals surface area contributed by atoms with Gasteiger partial charge in [0.15, 0.2) is 11.6 Å². The molecule has 120 valence electrons. The predicted octanol–water partition coefficient (Wildman–Crippen LogP) is 2.55. The van der Waals surface area contributed by atoms with Crippen molar-refractivity contribution in [2.24, 2.45) is 4.99 Å². The van der Waals surface area contributed by atoms with Crippen molar-refractivity contribution in [1.29, 1.82) is 0 Å². The first-order chi connectivity index (χ1) is 11.0. The molecule has 8 heteroatoms. The van der Waals surface area contributed by atoms with Crippen molar-refractivity contribution < 1.29 is 18.7 Å². The Balaban J connectivity index is 1.96. The Morgan fingerprint density at radius 2 is 2.09 bits per heavy atom. The van der Waals surface area contributed by atoms with Crippen molar-refractivity contribution in [3.8, 4) is 6.01 Å². The number of aromatic nitrogens is 2. The number of hydrogen-bond donors (Lipinski definition) is 0. The molecular weight excluding hydrogens is 303 g/mol. The van der Waals surface area contributed by atoms with E-state index in [1.54, 1.807) is 31.1 Å². The number of rotatable bonds is 5. The molecular formula is C15H15FN4O3. The Morgan fingerprint density at radius 3 is 2.78 bits per heavy atom. The molecule has 0 bridgehead atoms. The summed E-state index contributed by atoms with van der Waals surface area (Å²) in [4.78, 5) is 24.3. The lowest BCUT2D eigenvalue weighted by Crippen LogP contribution is -2.12. The van der Waals surface area contributed by atoms with Crippen molar-refractivity contribution >= 4 is 18.3 Å². The molecule has 1 aromatic heterocycles. The fraction of sp³-hybridized carbons (Fsp3) is 0.200. The van der Waals surface area contributed by atoms with Gasteiger partial charge in [0.2, 0.25) is 0 Å². The molecule has 1 heterocycles. The van der Waals surface area contributed by atoms with E-state index in [-0.39, 0.29) is 18.4 Å². The van der Waals surface area contributed by atoms with Gasteiger partial charge in [-0.15, -0.1) is 0 Å². The number of ether oxygens (including phenoxy) is 2. The first-order valence-electron chi connectivity index (χ1n) is 6.66. The Kier molecular flexibility index (Phi) is 5.56. The molecule has 2 aromatic rings. The lowest BCUT2D eigenvalue weighted by atomic mass is 10.2. The van der Waals surface area contributed by atoms with Crippen LogP contribution in [-0.2, 0) is 11.3 Å². The quantitative estimate of drug-likeness (QED) is 0.479. The summed E-state index contributed by atoms with van der Waals surface area (Å²) >= 11 is 0. The number of carbonyl (C=O) groups is 1. The largest absolute Gasteiger partial charge is 0.516 e. The second-order valence-electron chi connectivity index (χ2n) is 4.66. The Labute approximate surface area is 132 Å². The molecule has 0 spiro atoms. The summed E-state index contributed by atoms with van der Waals surface area (Å²) in [6, 6.07) is 8.76. The van der Waals surface area contributed by atoms with Gasteiger partial charge in [-0.05, 0) is 5.56 Å². The van der Waals surface area contributed by atoms with Crippen molar-refractivity contribution in [2.45, 2.75) is 6.61 Å². The molecule has 0 atom stereocenters. The van der Waals surface area contributed by atoms with E-state index in [4.69, 9.17) is 9.47 Å². The molecule has 0 aliphatic carbocycles. The summed E-state index contributed by atoms with van der Waals surface area (Å²) in [7, 11) is 3.45. The number of halogens is 1. The zero-order valence-corrected chi connectivity index (χ0v) is 12.6. The summed E-state index contributed by atoms with van der Waals surface area (Å²) in [5.74, 6) is -0.965. The van der Waals surface area contributed by atoms with Crippen LogP contribution in [0.5, 0.6) is 6.01 Å². The molecule has 7 nitrogen and oxygen atoms in total. The first-order valence-corrected chi connectivity index (χ1v) is 6.66. The fourth-order valence-corrected chi connectivity index (χ4v) is 1.47. The normalized spacial score (nSPS) is 10.6. The maximum Gasteiger partial charge on any atom is 0.516 e. The van der Waals surface area contributed by atoms with Gasteiger partial charge >= 0.3 is 12.2 Å². The zero-order valence-electron chi connectivity index (χ0n) is 12.6. The van der Waals surface area contributed by atoms with E-state index in [1.807, 2.05) is 18.2 Å². The van der Waals surface area contributed by atoms with Crippen LogP contribution < -0.4 is 4.74 Å². The van der Waals surface area contributed by atoms with E-state index in [1.165, 1.54) is 6.34 Å². The van der Waals surface area contributed by atoms with E-state index >= 15 is 0 Å². The number of hydrogen-bond acceptors (Lipinski definition) is 6. The average Bonchev–Trinajstić information content (AvgIpc) is 2.54. The lowest BCUT2D eigenvalue weighted by Gasteiger charge is -2.06. The van der Waals surface area contributed by atoms with Crippen LogP contribution in [-0.4, -0.2) is 41.5 Å². The van der Waals surface area contributed by atoms with E-state index < -0.39 is 12.0 Å². The van der Waals surface area contributed by atoms with Gasteiger partial charge in [0, 0.05) is 14.1 Å². The Bertz CT molecular complexity index is 692. The van der Waals surface area contributed by atoms with Crippen LogP contribution in [0.25, 0.3) is 0 Å². The highest BCUT2D eigenvalue weighted by Crippen LogP contribution is 2.16. The second-order valence-corrected chi connectivity index (χ2v) is 4.66. The minimum absolute atomic E-state index is 0.0481. The van der Waals surface area contributed by atoms with Crippen molar-refractivity contribution in [3.63, 3.8) is 0 Å². The van der Waals surface area contributed by atoms with Gasteiger partial charge in [0.25, 0.3) is 0 Å². The lowest BCUT2D eigenvalue weighted by molar-refractivity contribution is 0.0895. The third-order valence-corrected chi connectivity index (χ3v) is 2.49. The minimum atomic E-state index is -0.983. The highest BCUT2D eigenvalue weighted by molar-refractivity contribution is 5.63. The SMILES string of the molecule is CN(C)/C=N/c1nc(OC(=O)OCc2ccccc2)ncc1F. The summed E-state index contributed by atoms with van der Waals surface area (Å²) in [6.45, 7) is 0.0481. The zero-order chi connectivity index (χ0) is 16.7. The molecule has 0 fully saturated rings. The van der Waals surface area contributed by atoms with Crippen LogP contribution in [0.1, 0.15) is 5.56 Å². The van der Waals surface area contributed by atoms with Gasteiger partial charge in [0.05, 0.1) is 12.5 Å². The number of aliphatic imine (C=N–C) groups is 1. The molecule has 0 amide bonds. The molecule has 0 unspecified atom stereocenters. The molecule has 1 aromatic carbocycles. The monoisotopic (exact) mass is 318 g/mol. The molecule has 0 aliphatic heterocycles. The average molecular weight is 318 g/mol. The summed E-state index contributed by atoms with van der Waals surface area (Å²) < 4.78 is 23.2. The van der Waals surface area contributed by atoms with Crippen LogP contribution in [0.15, 0.2) is 41.5 Å². The number of carbonyl (C=O) groups excluding carboxylic acids is 1. The second kappa shape index (κ2) is 7.83. The third kappa shape index (κ3) is 5.34. The topological polar surface area (TPSA) is 76.9 Å². The van der Waals surface area contributed by atoms with Gasteiger partial charge in [-0.2, -0.15) is 4.98 Å². The van der Waals surface area contributed by atoms with Crippen LogP contribution in [0.3, 0.4) is 0 Å². The highest BCUT2D eigenvalue weighted by atomic mass is 19.1. The van der Waals surface area contributed by atoms with Crippen LogP contribution in [0, 0.1) is 5.82 Å². The van der Waals surface area contributed by atoms with E-state index in [9.17, 15) is 9.18 Å². The van der Waals surface area contributed by atoms with Crippen molar-refractivity contribution in [3.05, 3.63) is 47.9 Å². The molecule has 2 rings (SSSR count). The summed E-state index contributed by atoms with van der Waals surface area (Å²) in [5.41, 5.74) is 0.806. The number of benzene rings is 1. The van der Waals surface area contributed by atoms with E-state index in [0.29, 0.717) is 0 Å². The van der Waals surface area contributed by atoms with E-state index in [0.717, 1.165) is 11.8 Å². The molecule has 0 aliphatic rings. The van der Waals surface area contributed by atoms with Crippen molar-refractivity contribution in [1.82, 2.24) is 14.9 Å². The van der Waals surface area contributed by atoms with Gasteiger partial charge in [-0.3, -0.25) is 0 Å². The standard InChI is InChI=1S/C15H15FN4O3/c1-20(2)10-18-13-12(16)8-17-14(19-13)23-15(21)22-9-11-6-4-3-5-7-11/h3-8,10H,9H2,1-2H3/b18-10+. The Morgan fingerprint density at radius 1 is 1.35 bits per heavy atom. The maximum atomic E-state index is 13.5. The smallest absolute Gasteiger partial charge is 0.429 e. The minimum Gasteiger partial charge on any atom is -0.429 e. The van der Waals surface area contributed by atoms with Gasteiger partial charge in [-0.25, -0.2) is 19.2 Å². The molecule has 0 saturated carbocycles. The maximum absolute atomic E-state index is 13.5. The van der Waals surface area contributed by atoms with Crippen molar-refractivity contribution in [2.75, 3.05) is 14.1 Å². The van der Waals surface area contributed by atoms with Gasteiger partial charge < -0.3 is 14.4 Å².